The minimum absolute atomic E-state index is 0.114. The van der Waals surface area contributed by atoms with Crippen LogP contribution in [-0.2, 0) is 5.92 Å². The van der Waals surface area contributed by atoms with Gasteiger partial charge in [-0.2, -0.15) is 0 Å². The highest BCUT2D eigenvalue weighted by molar-refractivity contribution is 5.28. The van der Waals surface area contributed by atoms with E-state index in [-0.39, 0.29) is 12.0 Å². The lowest BCUT2D eigenvalue weighted by atomic mass is 9.94. The first-order chi connectivity index (χ1) is 8.05. The summed E-state index contributed by atoms with van der Waals surface area (Å²) in [6, 6.07) is 6.75. The summed E-state index contributed by atoms with van der Waals surface area (Å²) in [6.07, 6.45) is 0.852. The molecule has 1 aromatic rings. The van der Waals surface area contributed by atoms with E-state index in [0.29, 0.717) is 5.92 Å². The molecular weight excluding hydrogens is 220 g/mol. The molecule has 0 aromatic heterocycles. The van der Waals surface area contributed by atoms with Crippen LogP contribution in [0.2, 0.25) is 0 Å². The molecular formula is C14H21F2N. The van der Waals surface area contributed by atoms with Crippen molar-refractivity contribution >= 4 is 0 Å². The van der Waals surface area contributed by atoms with Crippen LogP contribution < -0.4 is 5.32 Å². The maximum Gasteiger partial charge on any atom is 0.273 e. The van der Waals surface area contributed by atoms with Gasteiger partial charge in [-0.05, 0) is 24.9 Å². The maximum absolute atomic E-state index is 13.4. The summed E-state index contributed by atoms with van der Waals surface area (Å²) in [5.74, 6) is -2.31. The van der Waals surface area contributed by atoms with Gasteiger partial charge in [0.05, 0.1) is 0 Å². The standard InChI is InChI=1S/C14H21F2N/c1-4-11(10-17-3)12-6-8-13(9-7-12)14(15,16)5-2/h6-9,11,17H,4-5,10H2,1-3H3. The lowest BCUT2D eigenvalue weighted by Crippen LogP contribution is -2.17. The number of hydrogen-bond acceptors (Lipinski definition) is 1. The Morgan fingerprint density at radius 3 is 2.18 bits per heavy atom. The van der Waals surface area contributed by atoms with E-state index in [0.717, 1.165) is 18.5 Å². The van der Waals surface area contributed by atoms with Crippen molar-refractivity contribution in [1.82, 2.24) is 5.32 Å². The Labute approximate surface area is 102 Å². The molecule has 0 spiro atoms. The van der Waals surface area contributed by atoms with Gasteiger partial charge in [-0.25, -0.2) is 8.78 Å². The van der Waals surface area contributed by atoms with Crippen LogP contribution in [0.4, 0.5) is 8.78 Å². The van der Waals surface area contributed by atoms with Crippen LogP contribution >= 0.6 is 0 Å². The van der Waals surface area contributed by atoms with Gasteiger partial charge in [-0.3, -0.25) is 0 Å². The summed E-state index contributed by atoms with van der Waals surface area (Å²) in [6.45, 7) is 4.49. The van der Waals surface area contributed by atoms with Crippen LogP contribution in [0.1, 0.15) is 43.7 Å². The largest absolute Gasteiger partial charge is 0.319 e. The molecule has 1 rings (SSSR count). The molecule has 0 radical (unpaired) electrons. The van der Waals surface area contributed by atoms with Gasteiger partial charge in [-0.15, -0.1) is 0 Å². The van der Waals surface area contributed by atoms with Crippen molar-refractivity contribution in [2.75, 3.05) is 13.6 Å². The highest BCUT2D eigenvalue weighted by atomic mass is 19.3. The van der Waals surface area contributed by atoms with Gasteiger partial charge in [0.15, 0.2) is 0 Å². The SMILES string of the molecule is CCC(CNC)c1ccc(C(F)(F)CC)cc1. The third-order valence-electron chi connectivity index (χ3n) is 3.19. The molecule has 0 aliphatic rings. The molecule has 0 aliphatic carbocycles. The van der Waals surface area contributed by atoms with Crippen LogP contribution in [0.15, 0.2) is 24.3 Å². The Hall–Kier alpha value is -0.960. The number of alkyl halides is 2. The van der Waals surface area contributed by atoms with Gasteiger partial charge in [-0.1, -0.05) is 38.1 Å². The molecule has 1 atom stereocenters. The quantitative estimate of drug-likeness (QED) is 0.796. The zero-order valence-electron chi connectivity index (χ0n) is 10.8. The highest BCUT2D eigenvalue weighted by Gasteiger charge is 2.28. The zero-order chi connectivity index (χ0) is 12.9. The van der Waals surface area contributed by atoms with E-state index in [4.69, 9.17) is 0 Å². The number of hydrogen-bond donors (Lipinski definition) is 1. The second-order valence-electron chi connectivity index (χ2n) is 4.34. The summed E-state index contributed by atoms with van der Waals surface area (Å²) in [4.78, 5) is 0. The molecule has 0 saturated heterocycles. The predicted molar refractivity (Wildman–Crippen MR) is 67.6 cm³/mol. The van der Waals surface area contributed by atoms with E-state index < -0.39 is 5.92 Å². The second-order valence-corrected chi connectivity index (χ2v) is 4.34. The predicted octanol–water partition coefficient (Wildman–Crippen LogP) is 3.90. The lowest BCUT2D eigenvalue weighted by molar-refractivity contribution is -0.00830. The lowest BCUT2D eigenvalue weighted by Gasteiger charge is -2.18. The Bertz CT molecular complexity index is 333. The molecule has 1 nitrogen and oxygen atoms in total. The van der Waals surface area contributed by atoms with Crippen molar-refractivity contribution in [2.45, 2.75) is 38.5 Å². The van der Waals surface area contributed by atoms with Gasteiger partial charge in [0, 0.05) is 18.5 Å². The molecule has 1 aromatic carbocycles. The van der Waals surface area contributed by atoms with Crippen LogP contribution in [0.5, 0.6) is 0 Å². The van der Waals surface area contributed by atoms with Crippen molar-refractivity contribution in [3.8, 4) is 0 Å². The molecule has 96 valence electrons. The Balaban J connectivity index is 2.87. The number of benzene rings is 1. The summed E-state index contributed by atoms with van der Waals surface area (Å²) in [7, 11) is 1.91. The van der Waals surface area contributed by atoms with Crippen LogP contribution in [0.25, 0.3) is 0 Å². The average Bonchev–Trinajstić information content (AvgIpc) is 2.36. The fourth-order valence-corrected chi connectivity index (χ4v) is 1.95. The van der Waals surface area contributed by atoms with Crippen LogP contribution in [-0.4, -0.2) is 13.6 Å². The van der Waals surface area contributed by atoms with Crippen molar-refractivity contribution in [1.29, 1.82) is 0 Å². The Kier molecular flexibility index (Phi) is 5.06. The maximum atomic E-state index is 13.4. The molecule has 3 heteroatoms. The monoisotopic (exact) mass is 241 g/mol. The van der Waals surface area contributed by atoms with E-state index in [1.807, 2.05) is 19.2 Å². The van der Waals surface area contributed by atoms with Crippen LogP contribution in [0, 0.1) is 0 Å². The minimum Gasteiger partial charge on any atom is -0.319 e. The summed E-state index contributed by atoms with van der Waals surface area (Å²) < 4.78 is 26.9. The molecule has 0 amide bonds. The van der Waals surface area contributed by atoms with Gasteiger partial charge in [0.1, 0.15) is 0 Å². The number of likely N-dealkylation sites (N-methyl/N-ethyl adjacent to an activating group) is 1. The second kappa shape index (κ2) is 6.10. The molecule has 1 N–H and O–H groups in total. The molecule has 0 saturated carbocycles. The molecule has 0 heterocycles. The Morgan fingerprint density at radius 1 is 1.18 bits per heavy atom. The summed E-state index contributed by atoms with van der Waals surface area (Å²) in [5, 5.41) is 3.13. The first-order valence-electron chi connectivity index (χ1n) is 6.18. The van der Waals surface area contributed by atoms with Crippen molar-refractivity contribution in [2.24, 2.45) is 0 Å². The zero-order valence-corrected chi connectivity index (χ0v) is 10.8. The van der Waals surface area contributed by atoms with Gasteiger partial charge < -0.3 is 5.32 Å². The topological polar surface area (TPSA) is 12.0 Å². The third kappa shape index (κ3) is 3.50. The van der Waals surface area contributed by atoms with Crippen molar-refractivity contribution in [3.05, 3.63) is 35.4 Å². The van der Waals surface area contributed by atoms with E-state index in [1.54, 1.807) is 12.1 Å². The summed E-state index contributed by atoms with van der Waals surface area (Å²) in [5.41, 5.74) is 1.24. The minimum atomic E-state index is -2.71. The van der Waals surface area contributed by atoms with Crippen LogP contribution in [0.3, 0.4) is 0 Å². The van der Waals surface area contributed by atoms with Gasteiger partial charge >= 0.3 is 0 Å². The first kappa shape index (κ1) is 14.1. The van der Waals surface area contributed by atoms with E-state index >= 15 is 0 Å². The summed E-state index contributed by atoms with van der Waals surface area (Å²) >= 11 is 0. The molecule has 0 bridgehead atoms. The fraction of sp³-hybridized carbons (Fsp3) is 0.571. The van der Waals surface area contributed by atoms with E-state index in [9.17, 15) is 8.78 Å². The number of halogens is 2. The third-order valence-corrected chi connectivity index (χ3v) is 3.19. The van der Waals surface area contributed by atoms with Crippen molar-refractivity contribution in [3.63, 3.8) is 0 Å². The van der Waals surface area contributed by atoms with Gasteiger partial charge in [0.25, 0.3) is 5.92 Å². The normalized spacial score (nSPS) is 13.7. The van der Waals surface area contributed by atoms with E-state index in [2.05, 4.69) is 12.2 Å². The van der Waals surface area contributed by atoms with Crippen molar-refractivity contribution < 1.29 is 8.78 Å². The molecule has 1 unspecified atom stereocenters. The molecule has 0 aliphatic heterocycles. The Morgan fingerprint density at radius 2 is 1.76 bits per heavy atom. The molecule has 0 fully saturated rings. The molecule has 17 heavy (non-hydrogen) atoms. The number of nitrogens with one attached hydrogen (secondary N) is 1. The fourth-order valence-electron chi connectivity index (χ4n) is 1.95. The first-order valence-corrected chi connectivity index (χ1v) is 6.18. The number of rotatable bonds is 6. The average molecular weight is 241 g/mol. The smallest absolute Gasteiger partial charge is 0.273 e. The van der Waals surface area contributed by atoms with E-state index in [1.165, 1.54) is 6.92 Å². The van der Waals surface area contributed by atoms with Gasteiger partial charge in [0.2, 0.25) is 0 Å². The highest BCUT2D eigenvalue weighted by Crippen LogP contribution is 2.32.